The van der Waals surface area contributed by atoms with Gasteiger partial charge in [-0.15, -0.1) is 0 Å². The molecule has 2 rings (SSSR count). The molecule has 0 saturated heterocycles. The smallest absolute Gasteiger partial charge is 0.294 e. The van der Waals surface area contributed by atoms with Gasteiger partial charge >= 0.3 is 0 Å². The van der Waals surface area contributed by atoms with Gasteiger partial charge in [0.25, 0.3) is 10.1 Å². The Balaban J connectivity index is 2.54. The molecule has 86 valence electrons. The zero-order valence-corrected chi connectivity index (χ0v) is 9.49. The highest BCUT2D eigenvalue weighted by molar-refractivity contribution is 7.85. The Kier molecular flexibility index (Phi) is 2.69. The Morgan fingerprint density at radius 2 is 2.19 bits per heavy atom. The molecule has 16 heavy (non-hydrogen) atoms. The van der Waals surface area contributed by atoms with Crippen molar-refractivity contribution in [2.75, 3.05) is 0 Å². The molecule has 5 nitrogen and oxygen atoms in total. The summed E-state index contributed by atoms with van der Waals surface area (Å²) in [6.07, 6.45) is 1.61. The van der Waals surface area contributed by atoms with Crippen molar-refractivity contribution in [2.45, 2.75) is 24.7 Å². The van der Waals surface area contributed by atoms with Crippen molar-refractivity contribution < 1.29 is 17.4 Å². The molecule has 0 spiro atoms. The number of oxazole rings is 1. The number of nitrogens with zero attached hydrogens (tertiary/aromatic N) is 1. The number of aromatic nitrogens is 1. The Labute approximate surface area is 92.9 Å². The van der Waals surface area contributed by atoms with Crippen LogP contribution in [0.15, 0.2) is 27.5 Å². The summed E-state index contributed by atoms with van der Waals surface area (Å²) in [7, 11) is -4.18. The third-order valence-corrected chi connectivity index (χ3v) is 3.01. The summed E-state index contributed by atoms with van der Waals surface area (Å²) in [5.41, 5.74) is 0.967. The molecule has 0 unspecified atom stereocenters. The molecule has 0 bridgehead atoms. The number of hydrogen-bond acceptors (Lipinski definition) is 4. The number of benzene rings is 1. The summed E-state index contributed by atoms with van der Waals surface area (Å²) in [5, 5.41) is 0. The minimum atomic E-state index is -4.18. The maximum atomic E-state index is 10.9. The zero-order chi connectivity index (χ0) is 11.8. The highest BCUT2D eigenvalue weighted by atomic mass is 32.2. The molecule has 1 heterocycles. The van der Waals surface area contributed by atoms with E-state index in [2.05, 4.69) is 4.98 Å². The molecule has 1 aromatic heterocycles. The molecule has 1 N–H and O–H groups in total. The monoisotopic (exact) mass is 241 g/mol. The SMILES string of the molecule is CCCc1nc2cc(S(=O)(=O)O)ccc2o1. The molecule has 0 amide bonds. The van der Waals surface area contributed by atoms with Gasteiger partial charge in [-0.1, -0.05) is 6.92 Å². The molecule has 0 fully saturated rings. The summed E-state index contributed by atoms with van der Waals surface area (Å²) in [4.78, 5) is 3.96. The second-order valence-corrected chi connectivity index (χ2v) is 4.88. The quantitative estimate of drug-likeness (QED) is 0.831. The molecule has 0 atom stereocenters. The van der Waals surface area contributed by atoms with Crippen molar-refractivity contribution in [3.8, 4) is 0 Å². The van der Waals surface area contributed by atoms with E-state index in [1.54, 1.807) is 0 Å². The number of fused-ring (bicyclic) bond motifs is 1. The first-order valence-corrected chi connectivity index (χ1v) is 6.31. The summed E-state index contributed by atoms with van der Waals surface area (Å²) >= 11 is 0. The topological polar surface area (TPSA) is 80.4 Å². The van der Waals surface area contributed by atoms with Crippen molar-refractivity contribution in [2.24, 2.45) is 0 Å². The fourth-order valence-corrected chi connectivity index (χ4v) is 1.94. The van der Waals surface area contributed by atoms with E-state index < -0.39 is 10.1 Å². The molecule has 0 radical (unpaired) electrons. The zero-order valence-electron chi connectivity index (χ0n) is 8.67. The van der Waals surface area contributed by atoms with Crippen LogP contribution in [0.1, 0.15) is 19.2 Å². The van der Waals surface area contributed by atoms with E-state index in [0.29, 0.717) is 23.4 Å². The van der Waals surface area contributed by atoms with E-state index in [1.165, 1.54) is 18.2 Å². The van der Waals surface area contributed by atoms with E-state index in [-0.39, 0.29) is 4.90 Å². The van der Waals surface area contributed by atoms with Gasteiger partial charge in [0.1, 0.15) is 5.52 Å². The van der Waals surface area contributed by atoms with Crippen LogP contribution >= 0.6 is 0 Å². The van der Waals surface area contributed by atoms with Crippen molar-refractivity contribution in [3.63, 3.8) is 0 Å². The van der Waals surface area contributed by atoms with Crippen molar-refractivity contribution in [1.82, 2.24) is 4.98 Å². The van der Waals surface area contributed by atoms with Gasteiger partial charge in [0.2, 0.25) is 0 Å². The fourth-order valence-electron chi connectivity index (χ4n) is 1.44. The van der Waals surface area contributed by atoms with Crippen LogP contribution in [0.4, 0.5) is 0 Å². The van der Waals surface area contributed by atoms with Gasteiger partial charge in [-0.25, -0.2) is 4.98 Å². The van der Waals surface area contributed by atoms with Gasteiger partial charge in [-0.2, -0.15) is 8.42 Å². The first kappa shape index (κ1) is 11.1. The van der Waals surface area contributed by atoms with Gasteiger partial charge in [-0.05, 0) is 24.6 Å². The molecular formula is C10H11NO4S. The van der Waals surface area contributed by atoms with Crippen LogP contribution in [0, 0.1) is 0 Å². The van der Waals surface area contributed by atoms with Gasteiger partial charge in [0.05, 0.1) is 4.90 Å². The number of aryl methyl sites for hydroxylation is 1. The van der Waals surface area contributed by atoms with Crippen LogP contribution in [0.2, 0.25) is 0 Å². The minimum Gasteiger partial charge on any atom is -0.441 e. The molecule has 1 aromatic carbocycles. The number of rotatable bonds is 3. The van der Waals surface area contributed by atoms with Gasteiger partial charge in [-0.3, -0.25) is 4.55 Å². The lowest BCUT2D eigenvalue weighted by Gasteiger charge is -1.94. The average Bonchev–Trinajstić information content (AvgIpc) is 2.57. The largest absolute Gasteiger partial charge is 0.441 e. The molecule has 0 aliphatic heterocycles. The normalized spacial score (nSPS) is 12.1. The summed E-state index contributed by atoms with van der Waals surface area (Å²) in [6.45, 7) is 2.00. The third kappa shape index (κ3) is 2.07. The first-order valence-electron chi connectivity index (χ1n) is 4.87. The molecule has 0 saturated carbocycles. The average molecular weight is 241 g/mol. The van der Waals surface area contributed by atoms with Crippen molar-refractivity contribution >= 4 is 21.2 Å². The standard InChI is InChI=1S/C10H11NO4S/c1-2-3-10-11-8-6-7(16(12,13)14)4-5-9(8)15-10/h4-6H,2-3H2,1H3,(H,12,13,14). The van der Waals surface area contributed by atoms with Crippen LogP contribution in [0.3, 0.4) is 0 Å². The van der Waals surface area contributed by atoms with Crippen molar-refractivity contribution in [3.05, 3.63) is 24.1 Å². The Bertz CT molecular complexity index is 615. The van der Waals surface area contributed by atoms with Crippen LogP contribution in [-0.2, 0) is 16.5 Å². The fraction of sp³-hybridized carbons (Fsp3) is 0.300. The minimum absolute atomic E-state index is 0.170. The summed E-state index contributed by atoms with van der Waals surface area (Å²) in [6, 6.07) is 4.08. The second kappa shape index (κ2) is 3.88. The highest BCUT2D eigenvalue weighted by Crippen LogP contribution is 2.20. The van der Waals surface area contributed by atoms with E-state index in [4.69, 9.17) is 8.97 Å². The maximum absolute atomic E-state index is 10.9. The lowest BCUT2D eigenvalue weighted by Crippen LogP contribution is -1.97. The van der Waals surface area contributed by atoms with Gasteiger partial charge in [0.15, 0.2) is 11.5 Å². The van der Waals surface area contributed by atoms with E-state index in [0.717, 1.165) is 6.42 Å². The molecule has 2 aromatic rings. The Morgan fingerprint density at radius 1 is 1.44 bits per heavy atom. The molecule has 6 heteroatoms. The molecule has 0 aliphatic carbocycles. The van der Waals surface area contributed by atoms with E-state index in [1.807, 2.05) is 6.92 Å². The van der Waals surface area contributed by atoms with E-state index >= 15 is 0 Å². The van der Waals surface area contributed by atoms with Crippen LogP contribution in [0.25, 0.3) is 11.1 Å². The third-order valence-electron chi connectivity index (χ3n) is 2.17. The first-order chi connectivity index (χ1) is 7.50. The van der Waals surface area contributed by atoms with Crippen molar-refractivity contribution in [1.29, 1.82) is 0 Å². The summed E-state index contributed by atoms with van der Waals surface area (Å²) in [5.74, 6) is 0.574. The second-order valence-electron chi connectivity index (χ2n) is 3.46. The maximum Gasteiger partial charge on any atom is 0.294 e. The van der Waals surface area contributed by atoms with Crippen LogP contribution in [-0.4, -0.2) is 18.0 Å². The predicted octanol–water partition coefficient (Wildman–Crippen LogP) is 2.03. The van der Waals surface area contributed by atoms with Gasteiger partial charge in [0, 0.05) is 6.42 Å². The lowest BCUT2D eigenvalue weighted by atomic mass is 10.3. The highest BCUT2D eigenvalue weighted by Gasteiger charge is 2.12. The predicted molar refractivity (Wildman–Crippen MR) is 57.8 cm³/mol. The van der Waals surface area contributed by atoms with Crippen LogP contribution in [0.5, 0.6) is 0 Å². The Hall–Kier alpha value is -1.40. The molecular weight excluding hydrogens is 230 g/mol. The Morgan fingerprint density at radius 3 is 2.81 bits per heavy atom. The lowest BCUT2D eigenvalue weighted by molar-refractivity contribution is 0.483. The number of hydrogen-bond donors (Lipinski definition) is 1. The van der Waals surface area contributed by atoms with Gasteiger partial charge < -0.3 is 4.42 Å². The van der Waals surface area contributed by atoms with Crippen LogP contribution < -0.4 is 0 Å². The summed E-state index contributed by atoms with van der Waals surface area (Å²) < 4.78 is 36.1. The molecule has 0 aliphatic rings. The van der Waals surface area contributed by atoms with E-state index in [9.17, 15) is 8.42 Å².